The van der Waals surface area contributed by atoms with E-state index in [0.29, 0.717) is 5.92 Å². The minimum Gasteiger partial charge on any atom is -0.370 e. The highest BCUT2D eigenvalue weighted by Gasteiger charge is 2.33. The largest absolute Gasteiger partial charge is 0.370 e. The molecule has 1 fully saturated rings. The Balaban J connectivity index is 1.88. The van der Waals surface area contributed by atoms with Crippen molar-refractivity contribution in [3.8, 4) is 0 Å². The van der Waals surface area contributed by atoms with E-state index in [4.69, 9.17) is 5.73 Å². The average Bonchev–Trinajstić information content (AvgIpc) is 3.27. The Hall–Kier alpha value is -1.88. The zero-order chi connectivity index (χ0) is 16.2. The van der Waals surface area contributed by atoms with Crippen LogP contribution in [0.25, 0.3) is 0 Å². The predicted molar refractivity (Wildman–Crippen MR) is 85.9 cm³/mol. The highest BCUT2D eigenvalue weighted by atomic mass is 16.2. The molecule has 0 spiro atoms. The topological polar surface area (TPSA) is 84.2 Å². The number of carbonyl (C=O) groups is 2. The van der Waals surface area contributed by atoms with Crippen LogP contribution in [0.15, 0.2) is 30.3 Å². The first-order chi connectivity index (χ1) is 10.4. The maximum atomic E-state index is 12.2. The molecular formula is C17H25N3O2. The van der Waals surface area contributed by atoms with Crippen molar-refractivity contribution in [1.29, 1.82) is 0 Å². The van der Waals surface area contributed by atoms with Gasteiger partial charge in [0.25, 0.3) is 0 Å². The van der Waals surface area contributed by atoms with Gasteiger partial charge in [-0.3, -0.25) is 9.59 Å². The summed E-state index contributed by atoms with van der Waals surface area (Å²) in [4.78, 5) is 23.2. The molecule has 2 amide bonds. The van der Waals surface area contributed by atoms with E-state index in [0.717, 1.165) is 18.4 Å². The molecule has 5 heteroatoms. The summed E-state index contributed by atoms with van der Waals surface area (Å²) in [6.07, 6.45) is 2.51. The molecule has 1 aromatic rings. The van der Waals surface area contributed by atoms with Gasteiger partial charge >= 0.3 is 0 Å². The summed E-state index contributed by atoms with van der Waals surface area (Å²) < 4.78 is 0. The number of hydrogen-bond donors (Lipinski definition) is 3. The lowest BCUT2D eigenvalue weighted by atomic mass is 10.00. The van der Waals surface area contributed by atoms with Gasteiger partial charge in [-0.25, -0.2) is 0 Å². The molecule has 5 nitrogen and oxygen atoms in total. The highest BCUT2D eigenvalue weighted by Crippen LogP contribution is 2.40. The van der Waals surface area contributed by atoms with Gasteiger partial charge in [0.2, 0.25) is 11.8 Å². The second-order valence-electron chi connectivity index (χ2n) is 6.67. The van der Waals surface area contributed by atoms with E-state index < -0.39 is 5.54 Å². The maximum Gasteiger partial charge on any atom is 0.234 e. The summed E-state index contributed by atoms with van der Waals surface area (Å²) in [5.41, 5.74) is 5.88. The molecule has 0 aliphatic heterocycles. The van der Waals surface area contributed by atoms with Gasteiger partial charge in [0.15, 0.2) is 0 Å². The molecule has 22 heavy (non-hydrogen) atoms. The van der Waals surface area contributed by atoms with Crippen LogP contribution >= 0.6 is 0 Å². The molecule has 1 aliphatic carbocycles. The third kappa shape index (κ3) is 5.15. The van der Waals surface area contributed by atoms with Crippen LogP contribution in [-0.2, 0) is 9.59 Å². The number of rotatable bonds is 8. The molecule has 0 bridgehead atoms. The number of hydrogen-bond acceptors (Lipinski definition) is 3. The highest BCUT2D eigenvalue weighted by molar-refractivity contribution is 5.79. The summed E-state index contributed by atoms with van der Waals surface area (Å²) in [6, 6.07) is 10.1. The monoisotopic (exact) mass is 303 g/mol. The molecule has 0 saturated heterocycles. The molecule has 120 valence electrons. The first-order valence-corrected chi connectivity index (χ1v) is 7.75. The predicted octanol–water partition coefficient (Wildman–Crippen LogP) is 1.50. The Morgan fingerprint density at radius 1 is 1.27 bits per heavy atom. The Morgan fingerprint density at radius 3 is 2.45 bits per heavy atom. The van der Waals surface area contributed by atoms with Gasteiger partial charge < -0.3 is 16.4 Å². The van der Waals surface area contributed by atoms with Crippen LogP contribution < -0.4 is 16.4 Å². The van der Waals surface area contributed by atoms with Gasteiger partial charge in [0, 0.05) is 12.0 Å². The second kappa shape index (κ2) is 6.92. The quantitative estimate of drug-likeness (QED) is 0.680. The van der Waals surface area contributed by atoms with E-state index in [9.17, 15) is 9.59 Å². The van der Waals surface area contributed by atoms with E-state index in [1.165, 1.54) is 0 Å². The number of carbonyl (C=O) groups excluding carboxylic acids is 2. The lowest BCUT2D eigenvalue weighted by Gasteiger charge is -2.25. The normalized spacial score (nSPS) is 16.1. The molecular weight excluding hydrogens is 278 g/mol. The lowest BCUT2D eigenvalue weighted by molar-refractivity contribution is -0.123. The SMILES string of the molecule is CC(C)(CC(N)=O)NCC(=O)N[C@H](c1ccccc1)C1CC1. The van der Waals surface area contributed by atoms with E-state index in [1.807, 2.05) is 44.2 Å². The van der Waals surface area contributed by atoms with Gasteiger partial charge in [-0.2, -0.15) is 0 Å². The van der Waals surface area contributed by atoms with Crippen molar-refractivity contribution in [2.24, 2.45) is 11.7 Å². The standard InChI is InChI=1S/C17H25N3O2/c1-17(2,10-14(18)21)19-11-15(22)20-16(13-8-9-13)12-6-4-3-5-7-12/h3-7,13,16,19H,8-11H2,1-2H3,(H2,18,21)(H,20,22)/t16-/m1/s1. The van der Waals surface area contributed by atoms with Crippen molar-refractivity contribution in [3.05, 3.63) is 35.9 Å². The van der Waals surface area contributed by atoms with Crippen molar-refractivity contribution in [1.82, 2.24) is 10.6 Å². The summed E-state index contributed by atoms with van der Waals surface area (Å²) in [5, 5.41) is 6.20. The fraction of sp³-hybridized carbons (Fsp3) is 0.529. The maximum absolute atomic E-state index is 12.2. The van der Waals surface area contributed by atoms with Gasteiger partial charge in [-0.1, -0.05) is 30.3 Å². The Morgan fingerprint density at radius 2 is 1.91 bits per heavy atom. The van der Waals surface area contributed by atoms with Gasteiger partial charge in [-0.15, -0.1) is 0 Å². The van der Waals surface area contributed by atoms with Gasteiger partial charge in [0.05, 0.1) is 12.6 Å². The molecule has 1 aromatic carbocycles. The van der Waals surface area contributed by atoms with Crippen molar-refractivity contribution >= 4 is 11.8 Å². The van der Waals surface area contributed by atoms with Crippen LogP contribution in [0.2, 0.25) is 0 Å². The molecule has 1 saturated carbocycles. The molecule has 0 radical (unpaired) electrons. The van der Waals surface area contributed by atoms with E-state index in [1.54, 1.807) is 0 Å². The minimum absolute atomic E-state index is 0.0571. The molecule has 2 rings (SSSR count). The number of primary amides is 1. The second-order valence-corrected chi connectivity index (χ2v) is 6.67. The number of amides is 2. The molecule has 0 unspecified atom stereocenters. The van der Waals surface area contributed by atoms with E-state index >= 15 is 0 Å². The van der Waals surface area contributed by atoms with Crippen LogP contribution in [0.5, 0.6) is 0 Å². The number of nitrogens with one attached hydrogen (secondary N) is 2. The minimum atomic E-state index is -0.481. The van der Waals surface area contributed by atoms with Crippen molar-refractivity contribution in [3.63, 3.8) is 0 Å². The molecule has 0 heterocycles. The van der Waals surface area contributed by atoms with Crippen molar-refractivity contribution in [2.45, 2.75) is 44.7 Å². The van der Waals surface area contributed by atoms with Crippen LogP contribution in [0, 0.1) is 5.92 Å². The molecule has 1 aliphatic rings. The zero-order valence-corrected chi connectivity index (χ0v) is 13.3. The third-order valence-electron chi connectivity index (χ3n) is 3.91. The Labute approximate surface area is 131 Å². The van der Waals surface area contributed by atoms with Crippen LogP contribution in [0.4, 0.5) is 0 Å². The first-order valence-electron chi connectivity index (χ1n) is 7.75. The first kappa shape index (κ1) is 16.5. The number of nitrogens with two attached hydrogens (primary N) is 1. The van der Waals surface area contributed by atoms with Crippen molar-refractivity contribution < 1.29 is 9.59 Å². The van der Waals surface area contributed by atoms with Crippen LogP contribution in [0.1, 0.15) is 44.7 Å². The van der Waals surface area contributed by atoms with Crippen LogP contribution in [-0.4, -0.2) is 23.9 Å². The Bertz CT molecular complexity index is 524. The lowest BCUT2D eigenvalue weighted by Crippen LogP contribution is -2.47. The van der Waals surface area contributed by atoms with Gasteiger partial charge in [-0.05, 0) is 38.2 Å². The fourth-order valence-corrected chi connectivity index (χ4v) is 2.61. The molecule has 1 atom stereocenters. The Kier molecular flexibility index (Phi) is 5.19. The van der Waals surface area contributed by atoms with E-state index in [2.05, 4.69) is 10.6 Å². The molecule has 4 N–H and O–H groups in total. The van der Waals surface area contributed by atoms with E-state index in [-0.39, 0.29) is 30.8 Å². The summed E-state index contributed by atoms with van der Waals surface area (Å²) in [5.74, 6) is 0.0985. The fourth-order valence-electron chi connectivity index (χ4n) is 2.61. The summed E-state index contributed by atoms with van der Waals surface area (Å²) >= 11 is 0. The smallest absolute Gasteiger partial charge is 0.234 e. The molecule has 0 aromatic heterocycles. The number of benzene rings is 1. The zero-order valence-electron chi connectivity index (χ0n) is 13.3. The van der Waals surface area contributed by atoms with Crippen LogP contribution in [0.3, 0.4) is 0 Å². The average molecular weight is 303 g/mol. The van der Waals surface area contributed by atoms with Crippen molar-refractivity contribution in [2.75, 3.05) is 6.54 Å². The summed E-state index contributed by atoms with van der Waals surface area (Å²) in [7, 11) is 0. The third-order valence-corrected chi connectivity index (χ3v) is 3.91. The summed E-state index contributed by atoms with van der Waals surface area (Å²) in [6.45, 7) is 3.90. The van der Waals surface area contributed by atoms with Gasteiger partial charge in [0.1, 0.15) is 0 Å².